The van der Waals surface area contributed by atoms with Crippen molar-refractivity contribution in [2.24, 2.45) is 5.92 Å². The molecule has 0 heterocycles. The highest BCUT2D eigenvalue weighted by molar-refractivity contribution is 5.35. The van der Waals surface area contributed by atoms with Gasteiger partial charge in [0.1, 0.15) is 12.4 Å². The number of nitrogens with one attached hydrogen (secondary N) is 1. The van der Waals surface area contributed by atoms with Crippen molar-refractivity contribution in [3.8, 4) is 5.75 Å². The number of ether oxygens (including phenoxy) is 1. The fraction of sp³-hybridized carbons (Fsp3) is 0.684. The molecule has 1 aromatic rings. The first-order valence-corrected chi connectivity index (χ1v) is 8.59. The molecule has 0 aliphatic heterocycles. The SMILES string of the molecule is CCCNC(COc1ccccc1C(C)CC)C(C)CC. The molecule has 0 radical (unpaired) electrons. The first-order chi connectivity index (χ1) is 10.1. The largest absolute Gasteiger partial charge is 0.492 e. The molecule has 0 aliphatic carbocycles. The lowest BCUT2D eigenvalue weighted by Gasteiger charge is -2.25. The van der Waals surface area contributed by atoms with Crippen LogP contribution in [0, 0.1) is 5.92 Å². The van der Waals surface area contributed by atoms with E-state index in [-0.39, 0.29) is 0 Å². The van der Waals surface area contributed by atoms with Crippen molar-refractivity contribution in [3.63, 3.8) is 0 Å². The standard InChI is InChI=1S/C19H33NO/c1-6-13-20-18(16(5)8-3)14-21-19-12-10-9-11-17(19)15(4)7-2/h9-12,15-16,18,20H,6-8,13-14H2,1-5H3. The molecule has 3 unspecified atom stereocenters. The van der Waals surface area contributed by atoms with E-state index in [0.717, 1.165) is 31.7 Å². The minimum atomic E-state index is 0.430. The first-order valence-electron chi connectivity index (χ1n) is 8.59. The van der Waals surface area contributed by atoms with Crippen molar-refractivity contribution < 1.29 is 4.74 Å². The second-order valence-corrected chi connectivity index (χ2v) is 6.10. The molecule has 1 aromatic carbocycles. The maximum atomic E-state index is 6.18. The summed E-state index contributed by atoms with van der Waals surface area (Å²) in [4.78, 5) is 0. The third kappa shape index (κ3) is 5.70. The van der Waals surface area contributed by atoms with Gasteiger partial charge in [0.25, 0.3) is 0 Å². The van der Waals surface area contributed by atoms with Crippen molar-refractivity contribution in [2.45, 2.75) is 65.8 Å². The Morgan fingerprint density at radius 3 is 2.38 bits per heavy atom. The Balaban J connectivity index is 2.70. The van der Waals surface area contributed by atoms with Gasteiger partial charge in [-0.15, -0.1) is 0 Å². The highest BCUT2D eigenvalue weighted by atomic mass is 16.5. The number of benzene rings is 1. The normalized spacial score (nSPS) is 15.5. The van der Waals surface area contributed by atoms with E-state index in [1.54, 1.807) is 0 Å². The lowest BCUT2D eigenvalue weighted by molar-refractivity contribution is 0.218. The van der Waals surface area contributed by atoms with Gasteiger partial charge in [0.15, 0.2) is 0 Å². The van der Waals surface area contributed by atoms with Crippen LogP contribution in [-0.4, -0.2) is 19.2 Å². The molecule has 2 nitrogen and oxygen atoms in total. The fourth-order valence-corrected chi connectivity index (χ4v) is 2.46. The van der Waals surface area contributed by atoms with Gasteiger partial charge in [0, 0.05) is 6.04 Å². The summed E-state index contributed by atoms with van der Waals surface area (Å²) < 4.78 is 6.18. The van der Waals surface area contributed by atoms with E-state index in [1.807, 2.05) is 0 Å². The molecular formula is C19H33NO. The molecule has 0 fully saturated rings. The molecule has 120 valence electrons. The zero-order valence-electron chi connectivity index (χ0n) is 14.5. The van der Waals surface area contributed by atoms with Crippen LogP contribution in [-0.2, 0) is 0 Å². The molecule has 1 rings (SSSR count). The monoisotopic (exact) mass is 291 g/mol. The Labute approximate surface area is 131 Å². The van der Waals surface area contributed by atoms with Gasteiger partial charge in [0.05, 0.1) is 0 Å². The topological polar surface area (TPSA) is 21.3 Å². The zero-order chi connectivity index (χ0) is 15.7. The minimum Gasteiger partial charge on any atom is -0.492 e. The second kappa shape index (κ2) is 9.83. The maximum absolute atomic E-state index is 6.18. The van der Waals surface area contributed by atoms with Crippen LogP contribution < -0.4 is 10.1 Å². The van der Waals surface area contributed by atoms with E-state index < -0.39 is 0 Å². The Morgan fingerprint density at radius 1 is 1.05 bits per heavy atom. The van der Waals surface area contributed by atoms with Crippen molar-refractivity contribution >= 4 is 0 Å². The van der Waals surface area contributed by atoms with Gasteiger partial charge in [-0.05, 0) is 42.9 Å². The van der Waals surface area contributed by atoms with Crippen LogP contribution in [0.2, 0.25) is 0 Å². The molecule has 21 heavy (non-hydrogen) atoms. The lowest BCUT2D eigenvalue weighted by atomic mass is 9.97. The van der Waals surface area contributed by atoms with Crippen LogP contribution in [0.15, 0.2) is 24.3 Å². The summed E-state index contributed by atoms with van der Waals surface area (Å²) in [6.07, 6.45) is 3.48. The van der Waals surface area contributed by atoms with Gasteiger partial charge in [-0.1, -0.05) is 59.2 Å². The Morgan fingerprint density at radius 2 is 1.76 bits per heavy atom. The van der Waals surface area contributed by atoms with E-state index in [0.29, 0.717) is 17.9 Å². The lowest BCUT2D eigenvalue weighted by Crippen LogP contribution is -2.40. The Kier molecular flexibility index (Phi) is 8.44. The predicted octanol–water partition coefficient (Wildman–Crippen LogP) is 4.99. The minimum absolute atomic E-state index is 0.430. The molecule has 0 spiro atoms. The molecule has 3 atom stereocenters. The first kappa shape index (κ1) is 18.0. The van der Waals surface area contributed by atoms with E-state index in [1.165, 1.54) is 12.0 Å². The van der Waals surface area contributed by atoms with E-state index in [9.17, 15) is 0 Å². The third-order valence-corrected chi connectivity index (χ3v) is 4.47. The van der Waals surface area contributed by atoms with Crippen LogP contribution in [0.3, 0.4) is 0 Å². The predicted molar refractivity (Wildman–Crippen MR) is 92.2 cm³/mol. The summed E-state index contributed by atoms with van der Waals surface area (Å²) in [5.41, 5.74) is 1.33. The van der Waals surface area contributed by atoms with E-state index in [4.69, 9.17) is 4.74 Å². The summed E-state index contributed by atoms with van der Waals surface area (Å²) in [6, 6.07) is 8.91. The molecule has 0 aromatic heterocycles. The highest BCUT2D eigenvalue weighted by Gasteiger charge is 2.17. The molecule has 0 saturated carbocycles. The smallest absolute Gasteiger partial charge is 0.122 e. The van der Waals surface area contributed by atoms with Crippen molar-refractivity contribution in [2.75, 3.05) is 13.2 Å². The highest BCUT2D eigenvalue weighted by Crippen LogP contribution is 2.28. The van der Waals surface area contributed by atoms with Gasteiger partial charge in [0.2, 0.25) is 0 Å². The van der Waals surface area contributed by atoms with Crippen molar-refractivity contribution in [1.29, 1.82) is 0 Å². The van der Waals surface area contributed by atoms with Crippen LogP contribution >= 0.6 is 0 Å². The van der Waals surface area contributed by atoms with Gasteiger partial charge < -0.3 is 10.1 Å². The van der Waals surface area contributed by atoms with E-state index in [2.05, 4.69) is 64.2 Å². The number of rotatable bonds is 10. The summed E-state index contributed by atoms with van der Waals surface area (Å²) >= 11 is 0. The molecular weight excluding hydrogens is 258 g/mol. The quantitative estimate of drug-likeness (QED) is 0.655. The summed E-state index contributed by atoms with van der Waals surface area (Å²) in [7, 11) is 0. The Bertz CT molecular complexity index is 391. The second-order valence-electron chi connectivity index (χ2n) is 6.10. The van der Waals surface area contributed by atoms with Gasteiger partial charge in [-0.3, -0.25) is 0 Å². The average Bonchev–Trinajstić information content (AvgIpc) is 2.53. The molecule has 0 saturated heterocycles. The molecule has 0 aliphatic rings. The van der Waals surface area contributed by atoms with Crippen molar-refractivity contribution in [1.82, 2.24) is 5.32 Å². The fourth-order valence-electron chi connectivity index (χ4n) is 2.46. The molecule has 0 bridgehead atoms. The Hall–Kier alpha value is -1.02. The average molecular weight is 291 g/mol. The summed E-state index contributed by atoms with van der Waals surface area (Å²) in [6.45, 7) is 13.1. The van der Waals surface area contributed by atoms with E-state index >= 15 is 0 Å². The van der Waals surface area contributed by atoms with Crippen LogP contribution in [0.4, 0.5) is 0 Å². The molecule has 1 N–H and O–H groups in total. The van der Waals surface area contributed by atoms with Gasteiger partial charge in [-0.25, -0.2) is 0 Å². The van der Waals surface area contributed by atoms with Crippen LogP contribution in [0.5, 0.6) is 5.75 Å². The van der Waals surface area contributed by atoms with Gasteiger partial charge in [-0.2, -0.15) is 0 Å². The third-order valence-electron chi connectivity index (χ3n) is 4.47. The van der Waals surface area contributed by atoms with Crippen LogP contribution in [0.25, 0.3) is 0 Å². The number of para-hydroxylation sites is 1. The van der Waals surface area contributed by atoms with Crippen LogP contribution in [0.1, 0.15) is 65.4 Å². The number of hydrogen-bond acceptors (Lipinski definition) is 2. The summed E-state index contributed by atoms with van der Waals surface area (Å²) in [5, 5.41) is 3.63. The zero-order valence-corrected chi connectivity index (χ0v) is 14.5. The maximum Gasteiger partial charge on any atom is 0.122 e. The van der Waals surface area contributed by atoms with Crippen molar-refractivity contribution in [3.05, 3.63) is 29.8 Å². The number of hydrogen-bond donors (Lipinski definition) is 1. The van der Waals surface area contributed by atoms with Gasteiger partial charge >= 0.3 is 0 Å². The molecule has 0 amide bonds. The molecule has 2 heteroatoms. The summed E-state index contributed by atoms with van der Waals surface area (Å²) in [5.74, 6) is 2.23.